The summed E-state index contributed by atoms with van der Waals surface area (Å²) in [5, 5.41) is 3.54. The van der Waals surface area contributed by atoms with Crippen molar-refractivity contribution in [2.75, 3.05) is 5.32 Å². The molecule has 0 atom stereocenters. The highest BCUT2D eigenvalue weighted by Gasteiger charge is 2.29. The first-order valence-electron chi connectivity index (χ1n) is 6.11. The molecule has 17 heavy (non-hydrogen) atoms. The van der Waals surface area contributed by atoms with Crippen LogP contribution in [0.1, 0.15) is 30.5 Å². The number of anilines is 1. The van der Waals surface area contributed by atoms with Crippen LogP contribution in [0.5, 0.6) is 0 Å². The zero-order valence-corrected chi connectivity index (χ0v) is 10.3. The van der Waals surface area contributed by atoms with Gasteiger partial charge >= 0.3 is 0 Å². The molecule has 1 heteroatoms. The van der Waals surface area contributed by atoms with Crippen LogP contribution in [0.3, 0.4) is 0 Å². The fourth-order valence-corrected chi connectivity index (χ4v) is 2.80. The Morgan fingerprint density at radius 2 is 1.53 bits per heavy atom. The van der Waals surface area contributed by atoms with Crippen LogP contribution in [0.25, 0.3) is 0 Å². The maximum atomic E-state index is 3.54. The van der Waals surface area contributed by atoms with E-state index in [9.17, 15) is 0 Å². The smallest absolute Gasteiger partial charge is 0.0403 e. The number of nitrogens with one attached hydrogen (secondary N) is 1. The van der Waals surface area contributed by atoms with E-state index in [1.807, 2.05) is 0 Å². The van der Waals surface area contributed by atoms with Gasteiger partial charge in [0.25, 0.3) is 0 Å². The average Bonchev–Trinajstić information content (AvgIpc) is 2.47. The van der Waals surface area contributed by atoms with E-state index in [2.05, 4.69) is 67.7 Å². The van der Waals surface area contributed by atoms with Crippen LogP contribution in [-0.4, -0.2) is 0 Å². The third-order valence-corrected chi connectivity index (χ3v) is 3.76. The number of hydrogen-bond donors (Lipinski definition) is 1. The van der Waals surface area contributed by atoms with Gasteiger partial charge in [-0.2, -0.15) is 0 Å². The van der Waals surface area contributed by atoms with Crippen molar-refractivity contribution >= 4 is 5.69 Å². The Hall–Kier alpha value is -1.76. The van der Waals surface area contributed by atoms with Gasteiger partial charge in [-0.1, -0.05) is 56.3 Å². The molecule has 0 fully saturated rings. The minimum absolute atomic E-state index is 0.0662. The number of benzene rings is 2. The fourth-order valence-electron chi connectivity index (χ4n) is 2.80. The minimum atomic E-state index is 0.0662. The van der Waals surface area contributed by atoms with Crippen LogP contribution in [0.4, 0.5) is 5.69 Å². The summed E-state index contributed by atoms with van der Waals surface area (Å²) >= 11 is 0. The Morgan fingerprint density at radius 1 is 0.882 bits per heavy atom. The second kappa shape index (κ2) is 3.63. The Morgan fingerprint density at radius 3 is 2.35 bits per heavy atom. The molecule has 1 aliphatic rings. The molecule has 0 bridgehead atoms. The first-order valence-corrected chi connectivity index (χ1v) is 6.11. The van der Waals surface area contributed by atoms with Crippen LogP contribution in [0, 0.1) is 0 Å². The van der Waals surface area contributed by atoms with Gasteiger partial charge in [-0.05, 0) is 22.8 Å². The topological polar surface area (TPSA) is 12.0 Å². The lowest BCUT2D eigenvalue weighted by Crippen LogP contribution is -2.19. The zero-order chi connectivity index (χ0) is 11.9. The standard InChI is InChI=1S/C16H17N/c1-16(2)13-8-4-3-7-12(13)11-17-15-10-6-5-9-14(15)16/h3-10,17H,11H2,1-2H3. The lowest BCUT2D eigenvalue weighted by molar-refractivity contribution is 0.641. The van der Waals surface area contributed by atoms with Crippen LogP contribution in [0.15, 0.2) is 48.5 Å². The molecule has 3 rings (SSSR count). The molecule has 2 aromatic rings. The predicted molar refractivity (Wildman–Crippen MR) is 72.3 cm³/mol. The van der Waals surface area contributed by atoms with Crippen LogP contribution in [0.2, 0.25) is 0 Å². The van der Waals surface area contributed by atoms with Crippen molar-refractivity contribution in [3.8, 4) is 0 Å². The van der Waals surface area contributed by atoms with Crippen LogP contribution in [-0.2, 0) is 12.0 Å². The molecule has 0 saturated carbocycles. The second-order valence-electron chi connectivity index (χ2n) is 5.18. The molecule has 86 valence electrons. The highest BCUT2D eigenvalue weighted by molar-refractivity contribution is 5.61. The molecule has 0 unspecified atom stereocenters. The summed E-state index contributed by atoms with van der Waals surface area (Å²) in [6, 6.07) is 17.3. The van der Waals surface area contributed by atoms with E-state index in [1.165, 1.54) is 22.4 Å². The maximum absolute atomic E-state index is 3.54. The monoisotopic (exact) mass is 223 g/mol. The largest absolute Gasteiger partial charge is 0.381 e. The summed E-state index contributed by atoms with van der Waals surface area (Å²) in [6.07, 6.45) is 0. The highest BCUT2D eigenvalue weighted by atomic mass is 14.9. The molecule has 1 nitrogen and oxygen atoms in total. The van der Waals surface area contributed by atoms with E-state index < -0.39 is 0 Å². The van der Waals surface area contributed by atoms with Gasteiger partial charge in [0.1, 0.15) is 0 Å². The molecule has 0 radical (unpaired) electrons. The molecule has 2 aromatic carbocycles. The Balaban J connectivity index is 2.27. The third-order valence-electron chi connectivity index (χ3n) is 3.76. The van der Waals surface area contributed by atoms with E-state index in [0.29, 0.717) is 0 Å². The van der Waals surface area contributed by atoms with Gasteiger partial charge in [-0.3, -0.25) is 0 Å². The van der Waals surface area contributed by atoms with Gasteiger partial charge in [-0.15, -0.1) is 0 Å². The van der Waals surface area contributed by atoms with Crippen molar-refractivity contribution in [1.29, 1.82) is 0 Å². The molecule has 0 amide bonds. The van der Waals surface area contributed by atoms with E-state index >= 15 is 0 Å². The van der Waals surface area contributed by atoms with Gasteiger partial charge in [0.15, 0.2) is 0 Å². The van der Waals surface area contributed by atoms with Crippen molar-refractivity contribution < 1.29 is 0 Å². The normalized spacial score (nSPS) is 16.4. The van der Waals surface area contributed by atoms with E-state index in [4.69, 9.17) is 0 Å². The molecule has 1 heterocycles. The summed E-state index contributed by atoms with van der Waals surface area (Å²) in [4.78, 5) is 0. The Labute approximate surface area is 102 Å². The van der Waals surface area contributed by atoms with Crippen molar-refractivity contribution in [2.45, 2.75) is 25.8 Å². The number of rotatable bonds is 0. The van der Waals surface area contributed by atoms with Gasteiger partial charge in [0, 0.05) is 17.6 Å². The predicted octanol–water partition coefficient (Wildman–Crippen LogP) is 3.94. The quantitative estimate of drug-likeness (QED) is 0.713. The first kappa shape index (κ1) is 10.4. The molecule has 1 N–H and O–H groups in total. The molecule has 0 aromatic heterocycles. The minimum Gasteiger partial charge on any atom is -0.381 e. The summed E-state index contributed by atoms with van der Waals surface area (Å²) in [7, 11) is 0. The van der Waals surface area contributed by atoms with E-state index in [-0.39, 0.29) is 5.41 Å². The molecular formula is C16H17N. The summed E-state index contributed by atoms with van der Waals surface area (Å²) in [6.45, 7) is 5.52. The van der Waals surface area contributed by atoms with Crippen LogP contribution < -0.4 is 5.32 Å². The number of para-hydroxylation sites is 1. The molecule has 1 aliphatic heterocycles. The van der Waals surface area contributed by atoms with Gasteiger partial charge in [0.2, 0.25) is 0 Å². The summed E-state index contributed by atoms with van der Waals surface area (Å²) in [5.41, 5.74) is 5.53. The molecular weight excluding hydrogens is 206 g/mol. The van der Waals surface area contributed by atoms with E-state index in [0.717, 1.165) is 6.54 Å². The van der Waals surface area contributed by atoms with Gasteiger partial charge in [-0.25, -0.2) is 0 Å². The maximum Gasteiger partial charge on any atom is 0.0403 e. The number of fused-ring (bicyclic) bond motifs is 2. The summed E-state index contributed by atoms with van der Waals surface area (Å²) < 4.78 is 0. The second-order valence-corrected chi connectivity index (χ2v) is 5.18. The Bertz CT molecular complexity index is 505. The number of hydrogen-bond acceptors (Lipinski definition) is 1. The van der Waals surface area contributed by atoms with Crippen molar-refractivity contribution in [1.82, 2.24) is 0 Å². The molecule has 0 spiro atoms. The van der Waals surface area contributed by atoms with E-state index in [1.54, 1.807) is 0 Å². The van der Waals surface area contributed by atoms with Crippen LogP contribution >= 0.6 is 0 Å². The molecule has 0 saturated heterocycles. The van der Waals surface area contributed by atoms with Gasteiger partial charge in [0.05, 0.1) is 0 Å². The van der Waals surface area contributed by atoms with Gasteiger partial charge < -0.3 is 5.32 Å². The first-order chi connectivity index (χ1) is 8.19. The van der Waals surface area contributed by atoms with Crippen molar-refractivity contribution in [2.24, 2.45) is 0 Å². The zero-order valence-electron chi connectivity index (χ0n) is 10.3. The third kappa shape index (κ3) is 1.54. The van der Waals surface area contributed by atoms with Crippen molar-refractivity contribution in [3.05, 3.63) is 65.2 Å². The fraction of sp³-hybridized carbons (Fsp3) is 0.250. The molecule has 0 aliphatic carbocycles. The lowest BCUT2D eigenvalue weighted by Gasteiger charge is -2.27. The SMILES string of the molecule is CC1(C)c2ccccc2CNc2ccccc21. The summed E-state index contributed by atoms with van der Waals surface area (Å²) in [5.74, 6) is 0. The Kier molecular flexibility index (Phi) is 2.22. The highest BCUT2D eigenvalue weighted by Crippen LogP contribution is 2.40. The lowest BCUT2D eigenvalue weighted by atomic mass is 9.76. The van der Waals surface area contributed by atoms with Crippen molar-refractivity contribution in [3.63, 3.8) is 0 Å². The average molecular weight is 223 g/mol.